The van der Waals surface area contributed by atoms with E-state index < -0.39 is 5.82 Å². The molecule has 1 aliphatic heterocycles. The Hall–Kier alpha value is -3.09. The molecule has 1 fully saturated rings. The van der Waals surface area contributed by atoms with Gasteiger partial charge >= 0.3 is 0 Å². The number of benzene rings is 1. The lowest BCUT2D eigenvalue weighted by Crippen LogP contribution is -2.38. The van der Waals surface area contributed by atoms with Gasteiger partial charge in [-0.25, -0.2) is 14.4 Å². The molecule has 2 aromatic heterocycles. The van der Waals surface area contributed by atoms with Crippen LogP contribution in [0.15, 0.2) is 41.1 Å². The summed E-state index contributed by atoms with van der Waals surface area (Å²) in [6.45, 7) is 9.22. The van der Waals surface area contributed by atoms with Crippen LogP contribution in [0.1, 0.15) is 67.1 Å². The molecule has 1 amide bonds. The summed E-state index contributed by atoms with van der Waals surface area (Å²) in [6.07, 6.45) is 3.29. The van der Waals surface area contributed by atoms with Crippen LogP contribution >= 0.6 is 0 Å². The topological polar surface area (TPSA) is 72.1 Å². The highest BCUT2D eigenvalue weighted by atomic mass is 19.1. The largest absolute Gasteiger partial charge is 0.356 e. The first-order chi connectivity index (χ1) is 14.7. The Morgan fingerprint density at radius 1 is 1.19 bits per heavy atom. The summed E-state index contributed by atoms with van der Waals surface area (Å²) in [5.74, 6) is 0.822. The third kappa shape index (κ3) is 4.36. The van der Waals surface area contributed by atoms with Gasteiger partial charge in [-0.1, -0.05) is 38.1 Å². The van der Waals surface area contributed by atoms with E-state index in [2.05, 4.69) is 30.9 Å². The van der Waals surface area contributed by atoms with E-state index in [4.69, 9.17) is 9.51 Å². The number of piperidine rings is 1. The molecule has 0 N–H and O–H groups in total. The number of hydrogen-bond donors (Lipinski definition) is 0. The molecule has 0 aliphatic carbocycles. The predicted octanol–water partition coefficient (Wildman–Crippen LogP) is 4.90. The molecule has 0 atom stereocenters. The van der Waals surface area contributed by atoms with Crippen LogP contribution in [-0.4, -0.2) is 39.0 Å². The lowest BCUT2D eigenvalue weighted by Gasteiger charge is -2.33. The van der Waals surface area contributed by atoms with Gasteiger partial charge in [0.05, 0.1) is 22.5 Å². The number of aromatic nitrogens is 3. The van der Waals surface area contributed by atoms with Gasteiger partial charge in [-0.2, -0.15) is 0 Å². The smallest absolute Gasteiger partial charge is 0.256 e. The molecule has 31 heavy (non-hydrogen) atoms. The van der Waals surface area contributed by atoms with Crippen LogP contribution < -0.4 is 0 Å². The van der Waals surface area contributed by atoms with E-state index in [1.807, 2.05) is 19.2 Å². The molecule has 4 rings (SSSR count). The minimum atomic E-state index is -0.483. The third-order valence-corrected chi connectivity index (χ3v) is 5.66. The molecule has 7 heteroatoms. The maximum Gasteiger partial charge on any atom is 0.256 e. The molecule has 3 aromatic rings. The molecule has 1 aromatic carbocycles. The first-order valence-electron chi connectivity index (χ1n) is 10.6. The summed E-state index contributed by atoms with van der Waals surface area (Å²) in [5, 5.41) is 4.01. The summed E-state index contributed by atoms with van der Waals surface area (Å²) in [5.41, 5.74) is 2.50. The Morgan fingerprint density at radius 2 is 1.90 bits per heavy atom. The van der Waals surface area contributed by atoms with E-state index in [0.717, 1.165) is 35.6 Å². The number of likely N-dealkylation sites (tertiary alicyclic amines) is 1. The minimum Gasteiger partial charge on any atom is -0.356 e. The van der Waals surface area contributed by atoms with Crippen molar-refractivity contribution in [2.24, 2.45) is 0 Å². The van der Waals surface area contributed by atoms with Gasteiger partial charge in [0.2, 0.25) is 0 Å². The zero-order valence-corrected chi connectivity index (χ0v) is 18.4. The first kappa shape index (κ1) is 21.2. The SMILES string of the molecule is Cc1cc(-c2cnc(C(C)(C)C)nc2C2CCN(C(=O)c3ccccc3F)CC2)on1. The lowest BCUT2D eigenvalue weighted by molar-refractivity contribution is 0.0707. The number of hydrogen-bond acceptors (Lipinski definition) is 5. The number of nitrogens with zero attached hydrogens (tertiary/aromatic N) is 4. The van der Waals surface area contributed by atoms with E-state index in [1.54, 1.807) is 17.0 Å². The Labute approximate surface area is 181 Å². The normalized spacial score (nSPS) is 15.3. The van der Waals surface area contributed by atoms with E-state index in [1.165, 1.54) is 12.1 Å². The number of aryl methyl sites for hydroxylation is 1. The van der Waals surface area contributed by atoms with Crippen molar-refractivity contribution < 1.29 is 13.7 Å². The zero-order chi connectivity index (χ0) is 22.2. The number of halogens is 1. The number of rotatable bonds is 3. The van der Waals surface area contributed by atoms with Gasteiger partial charge in [-0.15, -0.1) is 0 Å². The van der Waals surface area contributed by atoms with Gasteiger partial charge in [0.15, 0.2) is 5.76 Å². The summed E-state index contributed by atoms with van der Waals surface area (Å²) in [6, 6.07) is 8.01. The fourth-order valence-electron chi connectivity index (χ4n) is 3.91. The molecule has 1 saturated heterocycles. The molecule has 0 bridgehead atoms. The second-order valence-corrected chi connectivity index (χ2v) is 9.12. The summed E-state index contributed by atoms with van der Waals surface area (Å²) >= 11 is 0. The summed E-state index contributed by atoms with van der Waals surface area (Å²) in [7, 11) is 0. The molecule has 1 aliphatic rings. The van der Waals surface area contributed by atoms with E-state index in [9.17, 15) is 9.18 Å². The fourth-order valence-corrected chi connectivity index (χ4v) is 3.91. The second kappa shape index (κ2) is 8.21. The molecular weight excluding hydrogens is 395 g/mol. The van der Waals surface area contributed by atoms with Crippen LogP contribution in [0.5, 0.6) is 0 Å². The number of carbonyl (C=O) groups excluding carboxylic acids is 1. The Kier molecular flexibility index (Phi) is 5.60. The summed E-state index contributed by atoms with van der Waals surface area (Å²) in [4.78, 5) is 24.0. The molecule has 0 unspecified atom stereocenters. The fraction of sp³-hybridized carbons (Fsp3) is 0.417. The van der Waals surface area contributed by atoms with Crippen LogP contribution in [0.4, 0.5) is 4.39 Å². The van der Waals surface area contributed by atoms with Crippen LogP contribution in [0.25, 0.3) is 11.3 Å². The third-order valence-electron chi connectivity index (χ3n) is 5.66. The monoisotopic (exact) mass is 422 g/mol. The van der Waals surface area contributed by atoms with Gasteiger partial charge in [0, 0.05) is 36.7 Å². The Bertz CT molecular complexity index is 1090. The van der Waals surface area contributed by atoms with Gasteiger partial charge in [0.25, 0.3) is 5.91 Å². The van der Waals surface area contributed by atoms with Crippen LogP contribution in [-0.2, 0) is 5.41 Å². The minimum absolute atomic E-state index is 0.121. The van der Waals surface area contributed by atoms with E-state index in [0.29, 0.717) is 18.8 Å². The van der Waals surface area contributed by atoms with Crippen molar-refractivity contribution in [2.75, 3.05) is 13.1 Å². The van der Waals surface area contributed by atoms with Crippen LogP contribution in [0.2, 0.25) is 0 Å². The highest BCUT2D eigenvalue weighted by Crippen LogP contribution is 2.35. The van der Waals surface area contributed by atoms with E-state index in [-0.39, 0.29) is 22.8 Å². The van der Waals surface area contributed by atoms with Gasteiger partial charge in [0.1, 0.15) is 11.6 Å². The van der Waals surface area contributed by atoms with Gasteiger partial charge < -0.3 is 9.42 Å². The Morgan fingerprint density at radius 3 is 2.52 bits per heavy atom. The molecule has 162 valence electrons. The zero-order valence-electron chi connectivity index (χ0n) is 18.4. The quantitative estimate of drug-likeness (QED) is 0.601. The van der Waals surface area contributed by atoms with Gasteiger partial charge in [-0.3, -0.25) is 4.79 Å². The molecule has 0 saturated carbocycles. The molecule has 3 heterocycles. The maximum atomic E-state index is 14.1. The van der Waals surface area contributed by atoms with Crippen molar-refractivity contribution in [3.8, 4) is 11.3 Å². The maximum absolute atomic E-state index is 14.1. The van der Waals surface area contributed by atoms with Crippen molar-refractivity contribution in [2.45, 2.75) is 51.9 Å². The average molecular weight is 423 g/mol. The van der Waals surface area contributed by atoms with Crippen molar-refractivity contribution in [1.29, 1.82) is 0 Å². The predicted molar refractivity (Wildman–Crippen MR) is 115 cm³/mol. The standard InChI is InChI=1S/C24H27FN4O2/c1-15-13-20(31-28-15)18-14-26-23(24(2,3)4)27-21(18)16-9-11-29(12-10-16)22(30)17-7-5-6-8-19(17)25/h5-8,13-14,16H,9-12H2,1-4H3. The van der Waals surface area contributed by atoms with Crippen LogP contribution in [0, 0.1) is 12.7 Å². The van der Waals surface area contributed by atoms with Gasteiger partial charge in [-0.05, 0) is 31.9 Å². The number of carbonyl (C=O) groups is 1. The Balaban J connectivity index is 1.60. The van der Waals surface area contributed by atoms with Crippen molar-refractivity contribution in [3.63, 3.8) is 0 Å². The molecule has 0 radical (unpaired) electrons. The average Bonchev–Trinajstić information content (AvgIpc) is 3.19. The molecule has 6 nitrogen and oxygen atoms in total. The van der Waals surface area contributed by atoms with Crippen LogP contribution in [0.3, 0.4) is 0 Å². The highest BCUT2D eigenvalue weighted by Gasteiger charge is 2.30. The van der Waals surface area contributed by atoms with Crippen molar-refractivity contribution >= 4 is 5.91 Å². The highest BCUT2D eigenvalue weighted by molar-refractivity contribution is 5.94. The van der Waals surface area contributed by atoms with Crippen molar-refractivity contribution in [1.82, 2.24) is 20.0 Å². The molecule has 0 spiro atoms. The first-order valence-corrected chi connectivity index (χ1v) is 10.6. The molecular formula is C24H27FN4O2. The summed E-state index contributed by atoms with van der Waals surface area (Å²) < 4.78 is 19.6. The lowest BCUT2D eigenvalue weighted by atomic mass is 9.88. The van der Waals surface area contributed by atoms with E-state index >= 15 is 0 Å². The van der Waals surface area contributed by atoms with Crippen molar-refractivity contribution in [3.05, 3.63) is 65.1 Å². The second-order valence-electron chi connectivity index (χ2n) is 9.12. The number of amides is 1.